The molecular weight excluding hydrogens is 184 g/mol. The molecule has 0 bridgehead atoms. The molecule has 1 amide bonds. The third-order valence-electron chi connectivity index (χ3n) is 1.43. The molecule has 0 unspecified atom stereocenters. The van der Waals surface area contributed by atoms with Crippen molar-refractivity contribution in [2.45, 2.75) is 6.92 Å². The second-order valence-electron chi connectivity index (χ2n) is 2.62. The van der Waals surface area contributed by atoms with E-state index in [1.807, 2.05) is 0 Å². The van der Waals surface area contributed by atoms with Crippen LogP contribution in [-0.4, -0.2) is 23.5 Å². The summed E-state index contributed by atoms with van der Waals surface area (Å²) in [6.45, 7) is 1.33. The van der Waals surface area contributed by atoms with Gasteiger partial charge >= 0.3 is 0 Å². The van der Waals surface area contributed by atoms with Gasteiger partial charge in [0.2, 0.25) is 5.91 Å². The molecule has 1 aromatic rings. The Morgan fingerprint density at radius 1 is 1.29 bits per heavy atom. The predicted molar refractivity (Wildman–Crippen MR) is 49.3 cm³/mol. The smallest absolute Gasteiger partial charge is 0.221 e. The van der Waals surface area contributed by atoms with Crippen LogP contribution < -0.4 is 5.32 Å². The van der Waals surface area contributed by atoms with Gasteiger partial charge in [0.25, 0.3) is 0 Å². The summed E-state index contributed by atoms with van der Waals surface area (Å²) in [4.78, 5) is 35.2. The molecule has 0 fully saturated rings. The normalized spacial score (nSPS) is 9.21. The molecule has 5 heteroatoms. The first-order chi connectivity index (χ1) is 6.65. The highest BCUT2D eigenvalue weighted by Gasteiger charge is 2.02. The number of hydrogen-bond acceptors (Lipinski definition) is 4. The summed E-state index contributed by atoms with van der Waals surface area (Å²) >= 11 is 0. The summed E-state index contributed by atoms with van der Waals surface area (Å²) in [5.41, 5.74) is 0.605. The number of anilines is 1. The Morgan fingerprint density at radius 3 is 2.14 bits per heavy atom. The largest absolute Gasteiger partial charge is 0.326 e. The average Bonchev–Trinajstić information content (AvgIpc) is 2.16. The molecule has 72 valence electrons. The first-order valence-electron chi connectivity index (χ1n) is 3.85. The van der Waals surface area contributed by atoms with Gasteiger partial charge in [0.05, 0.1) is 0 Å². The molecule has 0 radical (unpaired) electrons. The van der Waals surface area contributed by atoms with Crippen LogP contribution in [0.25, 0.3) is 0 Å². The van der Waals surface area contributed by atoms with Crippen LogP contribution in [0.2, 0.25) is 0 Å². The number of carbonyl (C=O) groups is 3. The molecule has 14 heavy (non-hydrogen) atoms. The van der Waals surface area contributed by atoms with Crippen LogP contribution >= 0.6 is 0 Å². The Kier molecular flexibility index (Phi) is 3.06. The van der Waals surface area contributed by atoms with Crippen molar-refractivity contribution in [3.8, 4) is 0 Å². The van der Waals surface area contributed by atoms with E-state index in [-0.39, 0.29) is 17.3 Å². The van der Waals surface area contributed by atoms with Crippen molar-refractivity contribution < 1.29 is 14.4 Å². The van der Waals surface area contributed by atoms with E-state index >= 15 is 0 Å². The Morgan fingerprint density at radius 2 is 1.79 bits per heavy atom. The highest BCUT2D eigenvalue weighted by molar-refractivity contribution is 5.91. The van der Waals surface area contributed by atoms with Gasteiger partial charge in [-0.2, -0.15) is 0 Å². The SMILES string of the molecule is CC(=O)Nc1cc(C=O)nc(C=O)c1. The highest BCUT2D eigenvalue weighted by atomic mass is 16.1. The van der Waals surface area contributed by atoms with Gasteiger partial charge in [-0.25, -0.2) is 4.98 Å². The van der Waals surface area contributed by atoms with Gasteiger partial charge in [-0.3, -0.25) is 14.4 Å². The molecule has 0 saturated carbocycles. The molecule has 1 heterocycles. The van der Waals surface area contributed by atoms with Gasteiger partial charge in [-0.05, 0) is 12.1 Å². The van der Waals surface area contributed by atoms with Crippen molar-refractivity contribution in [3.63, 3.8) is 0 Å². The fraction of sp³-hybridized carbons (Fsp3) is 0.111. The van der Waals surface area contributed by atoms with E-state index in [4.69, 9.17) is 0 Å². The van der Waals surface area contributed by atoms with Gasteiger partial charge in [0.1, 0.15) is 11.4 Å². The lowest BCUT2D eigenvalue weighted by molar-refractivity contribution is -0.114. The number of nitrogens with zero attached hydrogens (tertiary/aromatic N) is 1. The highest BCUT2D eigenvalue weighted by Crippen LogP contribution is 2.09. The number of hydrogen-bond donors (Lipinski definition) is 1. The van der Waals surface area contributed by atoms with E-state index in [9.17, 15) is 14.4 Å². The summed E-state index contributed by atoms with van der Waals surface area (Å²) < 4.78 is 0. The number of pyridine rings is 1. The van der Waals surface area contributed by atoms with Gasteiger partial charge in [0.15, 0.2) is 12.6 Å². The standard InChI is InChI=1S/C9H8N2O3/c1-6(14)10-7-2-8(4-12)11-9(3-7)5-13/h2-5H,1H3,(H,10,11,14). The molecule has 5 nitrogen and oxygen atoms in total. The van der Waals surface area contributed by atoms with Crippen molar-refractivity contribution in [1.82, 2.24) is 4.98 Å². The number of rotatable bonds is 3. The van der Waals surface area contributed by atoms with Gasteiger partial charge in [-0.1, -0.05) is 0 Å². The summed E-state index contributed by atoms with van der Waals surface area (Å²) in [6.07, 6.45) is 1.02. The monoisotopic (exact) mass is 192 g/mol. The van der Waals surface area contributed by atoms with Crippen LogP contribution in [0.15, 0.2) is 12.1 Å². The van der Waals surface area contributed by atoms with E-state index in [0.717, 1.165) is 0 Å². The van der Waals surface area contributed by atoms with Crippen LogP contribution in [-0.2, 0) is 4.79 Å². The van der Waals surface area contributed by atoms with E-state index in [1.165, 1.54) is 19.1 Å². The lowest BCUT2D eigenvalue weighted by atomic mass is 10.2. The lowest BCUT2D eigenvalue weighted by Gasteiger charge is -2.02. The molecular formula is C9H8N2O3. The van der Waals surface area contributed by atoms with Crippen molar-refractivity contribution in [1.29, 1.82) is 0 Å². The Bertz CT molecular complexity index is 361. The number of amides is 1. The van der Waals surface area contributed by atoms with Crippen molar-refractivity contribution in [2.24, 2.45) is 0 Å². The maximum absolute atomic E-state index is 10.7. The lowest BCUT2D eigenvalue weighted by Crippen LogP contribution is -2.07. The molecule has 0 aliphatic heterocycles. The molecule has 1 N–H and O–H groups in total. The zero-order valence-corrected chi connectivity index (χ0v) is 7.48. The van der Waals surface area contributed by atoms with Crippen LogP contribution in [0.4, 0.5) is 5.69 Å². The van der Waals surface area contributed by atoms with E-state index in [0.29, 0.717) is 18.3 Å². The number of aldehydes is 2. The summed E-state index contributed by atoms with van der Waals surface area (Å²) in [6, 6.07) is 2.78. The molecule has 0 aromatic carbocycles. The average molecular weight is 192 g/mol. The fourth-order valence-electron chi connectivity index (χ4n) is 0.970. The quantitative estimate of drug-likeness (QED) is 0.714. The minimum absolute atomic E-state index is 0.110. The summed E-state index contributed by atoms with van der Waals surface area (Å²) in [5.74, 6) is -0.273. The molecule has 1 rings (SSSR count). The van der Waals surface area contributed by atoms with Crippen LogP contribution in [0.5, 0.6) is 0 Å². The number of carbonyl (C=O) groups excluding carboxylic acids is 3. The van der Waals surface area contributed by atoms with Gasteiger partial charge < -0.3 is 5.32 Å². The van der Waals surface area contributed by atoms with Crippen molar-refractivity contribution in [2.75, 3.05) is 5.32 Å². The second kappa shape index (κ2) is 4.27. The molecule has 1 aromatic heterocycles. The van der Waals surface area contributed by atoms with E-state index in [1.54, 1.807) is 0 Å². The Labute approximate surface area is 80.1 Å². The maximum atomic E-state index is 10.7. The third kappa shape index (κ3) is 2.48. The van der Waals surface area contributed by atoms with E-state index < -0.39 is 0 Å². The zero-order chi connectivity index (χ0) is 10.6. The Hall–Kier alpha value is -2.04. The number of aromatic nitrogens is 1. The van der Waals surface area contributed by atoms with Crippen LogP contribution in [0.1, 0.15) is 27.9 Å². The number of nitrogens with one attached hydrogen (secondary N) is 1. The van der Waals surface area contributed by atoms with Crippen molar-refractivity contribution >= 4 is 24.2 Å². The Balaban J connectivity index is 3.09. The predicted octanol–water partition coefficient (Wildman–Crippen LogP) is 0.665. The van der Waals surface area contributed by atoms with Gasteiger partial charge in [-0.15, -0.1) is 0 Å². The summed E-state index contributed by atoms with van der Waals surface area (Å²) in [5, 5.41) is 2.46. The summed E-state index contributed by atoms with van der Waals surface area (Å²) in [7, 11) is 0. The molecule has 0 spiro atoms. The minimum atomic E-state index is -0.273. The first kappa shape index (κ1) is 10.0. The first-order valence-corrected chi connectivity index (χ1v) is 3.85. The molecule has 0 atom stereocenters. The maximum Gasteiger partial charge on any atom is 0.221 e. The zero-order valence-electron chi connectivity index (χ0n) is 7.48. The fourth-order valence-corrected chi connectivity index (χ4v) is 0.970. The van der Waals surface area contributed by atoms with Crippen LogP contribution in [0.3, 0.4) is 0 Å². The molecule has 0 saturated heterocycles. The van der Waals surface area contributed by atoms with Crippen LogP contribution in [0, 0.1) is 0 Å². The minimum Gasteiger partial charge on any atom is -0.326 e. The molecule has 0 aliphatic rings. The second-order valence-corrected chi connectivity index (χ2v) is 2.62. The topological polar surface area (TPSA) is 76.1 Å². The third-order valence-corrected chi connectivity index (χ3v) is 1.43. The van der Waals surface area contributed by atoms with Gasteiger partial charge in [0, 0.05) is 12.6 Å². The van der Waals surface area contributed by atoms with Crippen molar-refractivity contribution in [3.05, 3.63) is 23.5 Å². The molecule has 0 aliphatic carbocycles. The van der Waals surface area contributed by atoms with E-state index in [2.05, 4.69) is 10.3 Å².